The van der Waals surface area contributed by atoms with Gasteiger partial charge in [-0.1, -0.05) is 23.8 Å². The molecular weight excluding hydrogens is 274 g/mol. The van der Waals surface area contributed by atoms with Gasteiger partial charge in [0.05, 0.1) is 0 Å². The second-order valence-electron chi connectivity index (χ2n) is 4.84. The zero-order chi connectivity index (χ0) is 14.9. The minimum atomic E-state index is -3.86. The van der Waals surface area contributed by atoms with Crippen LogP contribution in [0.5, 0.6) is 5.75 Å². The predicted molar refractivity (Wildman–Crippen MR) is 79.3 cm³/mol. The standard InChI is InChI=1S/C15H17NO3S/c1-10-7-11(2)15(12(3)8-10)20(17,18)19-14-6-4-5-13(16)9-14/h4-9H,16H2,1-3H3. The summed E-state index contributed by atoms with van der Waals surface area (Å²) in [4.78, 5) is 0.213. The quantitative estimate of drug-likeness (QED) is 0.697. The molecule has 106 valence electrons. The van der Waals surface area contributed by atoms with E-state index < -0.39 is 10.1 Å². The van der Waals surface area contributed by atoms with Crippen molar-refractivity contribution in [1.82, 2.24) is 0 Å². The zero-order valence-electron chi connectivity index (χ0n) is 11.7. The lowest BCUT2D eigenvalue weighted by molar-refractivity contribution is 0.485. The van der Waals surface area contributed by atoms with E-state index in [1.165, 1.54) is 6.07 Å². The lowest BCUT2D eigenvalue weighted by Crippen LogP contribution is -2.13. The number of nitrogens with two attached hydrogens (primary N) is 1. The second-order valence-corrected chi connectivity index (χ2v) is 6.32. The van der Waals surface area contributed by atoms with Gasteiger partial charge in [0.25, 0.3) is 0 Å². The number of aryl methyl sites for hydroxylation is 3. The Bertz CT molecular complexity index is 728. The van der Waals surface area contributed by atoms with Gasteiger partial charge < -0.3 is 9.92 Å². The summed E-state index contributed by atoms with van der Waals surface area (Å²) in [6, 6.07) is 10.0. The topological polar surface area (TPSA) is 69.4 Å². The van der Waals surface area contributed by atoms with Gasteiger partial charge in [0, 0.05) is 11.8 Å². The molecule has 2 rings (SSSR count). The molecule has 0 aliphatic carbocycles. The van der Waals surface area contributed by atoms with Crippen LogP contribution < -0.4 is 9.92 Å². The molecule has 0 spiro atoms. The first-order valence-corrected chi connectivity index (χ1v) is 7.58. The van der Waals surface area contributed by atoms with E-state index >= 15 is 0 Å². The molecule has 2 N–H and O–H groups in total. The number of benzene rings is 2. The average molecular weight is 291 g/mol. The third-order valence-corrected chi connectivity index (χ3v) is 4.47. The molecular formula is C15H17NO3S. The van der Waals surface area contributed by atoms with Gasteiger partial charge in [0.15, 0.2) is 0 Å². The van der Waals surface area contributed by atoms with Crippen molar-refractivity contribution in [1.29, 1.82) is 0 Å². The third-order valence-electron chi connectivity index (χ3n) is 2.92. The molecule has 2 aromatic rings. The van der Waals surface area contributed by atoms with Crippen molar-refractivity contribution >= 4 is 15.8 Å². The Morgan fingerprint density at radius 3 is 2.15 bits per heavy atom. The van der Waals surface area contributed by atoms with E-state index in [-0.39, 0.29) is 10.6 Å². The van der Waals surface area contributed by atoms with Crippen molar-refractivity contribution in [3.8, 4) is 5.75 Å². The van der Waals surface area contributed by atoms with E-state index in [4.69, 9.17) is 9.92 Å². The fourth-order valence-corrected chi connectivity index (χ4v) is 3.64. The van der Waals surface area contributed by atoms with Crippen LogP contribution in [0.15, 0.2) is 41.3 Å². The van der Waals surface area contributed by atoms with Crippen LogP contribution in [0, 0.1) is 20.8 Å². The van der Waals surface area contributed by atoms with Gasteiger partial charge in [-0.15, -0.1) is 0 Å². The van der Waals surface area contributed by atoms with Crippen LogP contribution in [0.25, 0.3) is 0 Å². The molecule has 0 aliphatic heterocycles. The molecule has 0 fully saturated rings. The van der Waals surface area contributed by atoms with Gasteiger partial charge in [-0.2, -0.15) is 8.42 Å². The molecule has 0 aromatic heterocycles. The van der Waals surface area contributed by atoms with Crippen LogP contribution in [0.1, 0.15) is 16.7 Å². The molecule has 0 bridgehead atoms. The van der Waals surface area contributed by atoms with Crippen molar-refractivity contribution in [2.45, 2.75) is 25.7 Å². The van der Waals surface area contributed by atoms with Gasteiger partial charge in [-0.3, -0.25) is 0 Å². The van der Waals surface area contributed by atoms with Crippen LogP contribution >= 0.6 is 0 Å². The predicted octanol–water partition coefficient (Wildman–Crippen LogP) is 2.96. The molecule has 0 radical (unpaired) electrons. The first kappa shape index (κ1) is 14.4. The number of hydrogen-bond donors (Lipinski definition) is 1. The van der Waals surface area contributed by atoms with E-state index in [1.54, 1.807) is 32.0 Å². The highest BCUT2D eigenvalue weighted by Gasteiger charge is 2.22. The maximum atomic E-state index is 12.4. The molecule has 2 aromatic carbocycles. The van der Waals surface area contributed by atoms with Gasteiger partial charge in [0.1, 0.15) is 10.6 Å². The van der Waals surface area contributed by atoms with Crippen LogP contribution in [0.2, 0.25) is 0 Å². The van der Waals surface area contributed by atoms with E-state index in [0.29, 0.717) is 16.8 Å². The van der Waals surface area contributed by atoms with Crippen molar-refractivity contribution in [2.24, 2.45) is 0 Å². The Morgan fingerprint density at radius 2 is 1.60 bits per heavy atom. The largest absolute Gasteiger partial charge is 0.399 e. The highest BCUT2D eigenvalue weighted by Crippen LogP contribution is 2.26. The summed E-state index contributed by atoms with van der Waals surface area (Å²) in [7, 11) is -3.86. The minimum Gasteiger partial charge on any atom is -0.399 e. The molecule has 0 heterocycles. The van der Waals surface area contributed by atoms with Crippen molar-refractivity contribution in [2.75, 3.05) is 5.73 Å². The van der Waals surface area contributed by atoms with E-state index in [1.807, 2.05) is 19.1 Å². The molecule has 5 heteroatoms. The Morgan fingerprint density at radius 1 is 1.00 bits per heavy atom. The van der Waals surface area contributed by atoms with Crippen molar-refractivity contribution in [3.63, 3.8) is 0 Å². The van der Waals surface area contributed by atoms with Crippen LogP contribution in [-0.4, -0.2) is 8.42 Å². The summed E-state index contributed by atoms with van der Waals surface area (Å²) >= 11 is 0. The summed E-state index contributed by atoms with van der Waals surface area (Å²) in [5.41, 5.74) is 8.44. The molecule has 0 aliphatic rings. The van der Waals surface area contributed by atoms with Gasteiger partial charge in [-0.25, -0.2) is 0 Å². The molecule has 0 unspecified atom stereocenters. The minimum absolute atomic E-state index is 0.212. The van der Waals surface area contributed by atoms with Gasteiger partial charge in [0.2, 0.25) is 0 Å². The fourth-order valence-electron chi connectivity index (χ4n) is 2.30. The summed E-state index contributed by atoms with van der Waals surface area (Å²) in [5.74, 6) is 0.212. The highest BCUT2D eigenvalue weighted by atomic mass is 32.2. The van der Waals surface area contributed by atoms with Gasteiger partial charge in [-0.05, 0) is 44.0 Å². The Balaban J connectivity index is 2.46. The Kier molecular flexibility index (Phi) is 3.72. The molecule has 0 atom stereocenters. The van der Waals surface area contributed by atoms with Crippen molar-refractivity contribution < 1.29 is 12.6 Å². The number of anilines is 1. The molecule has 20 heavy (non-hydrogen) atoms. The summed E-state index contributed by atoms with van der Waals surface area (Å²) in [6.07, 6.45) is 0. The van der Waals surface area contributed by atoms with E-state index in [2.05, 4.69) is 0 Å². The lowest BCUT2D eigenvalue weighted by Gasteiger charge is -2.13. The maximum Gasteiger partial charge on any atom is 0.339 e. The number of nitrogen functional groups attached to an aromatic ring is 1. The Labute approximate surface area is 119 Å². The molecule has 4 nitrogen and oxygen atoms in total. The first-order chi connectivity index (χ1) is 9.29. The summed E-state index contributed by atoms with van der Waals surface area (Å²) in [6.45, 7) is 5.44. The third kappa shape index (κ3) is 2.93. The zero-order valence-corrected chi connectivity index (χ0v) is 12.5. The number of hydrogen-bond acceptors (Lipinski definition) is 4. The SMILES string of the molecule is Cc1cc(C)c(S(=O)(=O)Oc2cccc(N)c2)c(C)c1. The van der Waals surface area contributed by atoms with Crippen LogP contribution in [-0.2, 0) is 10.1 Å². The molecule has 0 saturated heterocycles. The smallest absolute Gasteiger partial charge is 0.339 e. The Hall–Kier alpha value is -2.01. The van der Waals surface area contributed by atoms with E-state index in [0.717, 1.165) is 5.56 Å². The van der Waals surface area contributed by atoms with Crippen LogP contribution in [0.3, 0.4) is 0 Å². The van der Waals surface area contributed by atoms with Crippen LogP contribution in [0.4, 0.5) is 5.69 Å². The normalized spacial score (nSPS) is 11.3. The summed E-state index contributed by atoms with van der Waals surface area (Å²) in [5, 5.41) is 0. The first-order valence-electron chi connectivity index (χ1n) is 6.17. The number of rotatable bonds is 3. The average Bonchev–Trinajstić information content (AvgIpc) is 2.25. The highest BCUT2D eigenvalue weighted by molar-refractivity contribution is 7.87. The summed E-state index contributed by atoms with van der Waals surface area (Å²) < 4.78 is 30.0. The van der Waals surface area contributed by atoms with Gasteiger partial charge >= 0.3 is 10.1 Å². The second kappa shape index (κ2) is 5.17. The molecule has 0 saturated carbocycles. The van der Waals surface area contributed by atoms with Crippen molar-refractivity contribution in [3.05, 3.63) is 53.1 Å². The monoisotopic (exact) mass is 291 g/mol. The lowest BCUT2D eigenvalue weighted by atomic mass is 10.1. The maximum absolute atomic E-state index is 12.4. The van der Waals surface area contributed by atoms with E-state index in [9.17, 15) is 8.42 Å². The molecule has 0 amide bonds. The fraction of sp³-hybridized carbons (Fsp3) is 0.200.